The van der Waals surface area contributed by atoms with Crippen LogP contribution in [0.4, 0.5) is 14.5 Å². The molecule has 224 valence electrons. The summed E-state index contributed by atoms with van der Waals surface area (Å²) in [6.45, 7) is 11.4. The highest BCUT2D eigenvalue weighted by Gasteiger charge is 2.66. The van der Waals surface area contributed by atoms with Gasteiger partial charge in [0.15, 0.2) is 0 Å². The lowest BCUT2D eigenvalue weighted by Gasteiger charge is -2.37. The first-order valence-corrected chi connectivity index (χ1v) is 14.8. The highest BCUT2D eigenvalue weighted by Crippen LogP contribution is 2.57. The molecule has 2 aromatic rings. The van der Waals surface area contributed by atoms with Crippen LogP contribution in [-0.2, 0) is 15.0 Å². The number of carbonyl (C=O) groups is 2. The molecule has 0 aliphatic carbocycles. The third-order valence-electron chi connectivity index (χ3n) is 8.24. The van der Waals surface area contributed by atoms with E-state index in [9.17, 15) is 14.7 Å². The van der Waals surface area contributed by atoms with E-state index in [1.54, 1.807) is 19.9 Å². The van der Waals surface area contributed by atoms with E-state index in [4.69, 9.17) is 23.2 Å². The van der Waals surface area contributed by atoms with E-state index in [1.165, 1.54) is 24.3 Å². The lowest BCUT2D eigenvalue weighted by molar-refractivity contribution is -0.124. The summed E-state index contributed by atoms with van der Waals surface area (Å²) in [4.78, 5) is 28.3. The highest BCUT2D eigenvalue weighted by atomic mass is 35.5. The first kappa shape index (κ1) is 31.7. The van der Waals surface area contributed by atoms with E-state index in [1.807, 2.05) is 27.7 Å². The summed E-state index contributed by atoms with van der Waals surface area (Å²) < 4.78 is 30.9. The van der Waals surface area contributed by atoms with Crippen LogP contribution in [0.15, 0.2) is 30.3 Å². The van der Waals surface area contributed by atoms with E-state index in [0.717, 1.165) is 0 Å². The first-order chi connectivity index (χ1) is 19.0. The Bertz CT molecular complexity index is 1340. The van der Waals surface area contributed by atoms with Gasteiger partial charge in [-0.25, -0.2) is 8.78 Å². The number of carbonyl (C=O) groups excluding carboxylic acids is 2. The number of nitrogens with one attached hydrogen (secondary N) is 3. The normalized spacial score (nSPS) is 24.9. The molecule has 1 unspecified atom stereocenters. The Hall–Kier alpha value is -2.26. The zero-order valence-electron chi connectivity index (χ0n) is 24.3. The molecule has 1 spiro atoms. The standard InChI is InChI=1S/C31H39Cl2F2N3O3/c1-7-16(11-12-30(5,6)41)36-27(39)26-24(17-9-8-10-19(32)25(17)35)31(23(38-26)15-29(2,3)4)18-13-21(34)20(33)14-22(18)37-28(31)40/h8-10,13-14,16,23-24,26,38,41H,7,11-12,15H2,1-6H3,(H,36,39)(H,37,40)/t16?,23-,24+,26-,31+/m1/s1. The van der Waals surface area contributed by atoms with Crippen molar-refractivity contribution in [3.05, 3.63) is 63.1 Å². The van der Waals surface area contributed by atoms with Crippen molar-refractivity contribution in [1.82, 2.24) is 10.6 Å². The Morgan fingerprint density at radius 3 is 2.44 bits per heavy atom. The minimum atomic E-state index is -1.55. The predicted molar refractivity (Wildman–Crippen MR) is 158 cm³/mol. The maximum Gasteiger partial charge on any atom is 0.238 e. The van der Waals surface area contributed by atoms with E-state index in [-0.39, 0.29) is 27.1 Å². The van der Waals surface area contributed by atoms with E-state index >= 15 is 8.78 Å². The summed E-state index contributed by atoms with van der Waals surface area (Å²) in [7, 11) is 0. The van der Waals surface area contributed by atoms with E-state index in [2.05, 4.69) is 16.0 Å². The molecule has 2 aliphatic heterocycles. The van der Waals surface area contributed by atoms with Gasteiger partial charge in [0.2, 0.25) is 11.8 Å². The molecule has 0 aromatic heterocycles. The van der Waals surface area contributed by atoms with Crippen molar-refractivity contribution in [3.63, 3.8) is 0 Å². The number of halogens is 4. The van der Waals surface area contributed by atoms with Crippen molar-refractivity contribution < 1.29 is 23.5 Å². The Morgan fingerprint density at radius 2 is 1.83 bits per heavy atom. The molecule has 2 amide bonds. The van der Waals surface area contributed by atoms with Crippen LogP contribution < -0.4 is 16.0 Å². The zero-order valence-corrected chi connectivity index (χ0v) is 25.8. The molecule has 5 atom stereocenters. The van der Waals surface area contributed by atoms with Crippen LogP contribution in [0, 0.1) is 17.0 Å². The Balaban J connectivity index is 1.91. The predicted octanol–water partition coefficient (Wildman–Crippen LogP) is 6.47. The molecule has 41 heavy (non-hydrogen) atoms. The van der Waals surface area contributed by atoms with Gasteiger partial charge in [0.05, 0.1) is 21.7 Å². The third kappa shape index (κ3) is 6.12. The fourth-order valence-electron chi connectivity index (χ4n) is 6.36. The monoisotopic (exact) mass is 609 g/mol. The fraction of sp³-hybridized carbons (Fsp3) is 0.548. The number of anilines is 1. The molecule has 6 nitrogen and oxygen atoms in total. The van der Waals surface area contributed by atoms with E-state index in [0.29, 0.717) is 36.9 Å². The summed E-state index contributed by atoms with van der Waals surface area (Å²) in [5, 5.41) is 19.3. The quantitative estimate of drug-likeness (QED) is 0.276. The van der Waals surface area contributed by atoms with Gasteiger partial charge in [-0.1, -0.05) is 63.0 Å². The summed E-state index contributed by atoms with van der Waals surface area (Å²) >= 11 is 12.3. The van der Waals surface area contributed by atoms with E-state index < -0.39 is 52.5 Å². The average molecular weight is 611 g/mol. The van der Waals surface area contributed by atoms with Gasteiger partial charge in [-0.05, 0) is 74.3 Å². The van der Waals surface area contributed by atoms with Gasteiger partial charge >= 0.3 is 0 Å². The van der Waals surface area contributed by atoms with Gasteiger partial charge in [0.1, 0.15) is 17.0 Å². The molecular formula is C31H39Cl2F2N3O3. The average Bonchev–Trinajstić information content (AvgIpc) is 3.32. The van der Waals surface area contributed by atoms with Gasteiger partial charge in [0.25, 0.3) is 0 Å². The first-order valence-electron chi connectivity index (χ1n) is 14.0. The van der Waals surface area contributed by atoms with Crippen molar-refractivity contribution in [2.24, 2.45) is 5.41 Å². The molecule has 0 saturated carbocycles. The molecule has 0 radical (unpaired) electrons. The van der Waals surface area contributed by atoms with Crippen LogP contribution in [0.1, 0.15) is 84.3 Å². The van der Waals surface area contributed by atoms with Crippen LogP contribution in [0.25, 0.3) is 0 Å². The number of rotatable bonds is 8. The van der Waals surface area contributed by atoms with Crippen molar-refractivity contribution in [2.75, 3.05) is 5.32 Å². The van der Waals surface area contributed by atoms with Crippen molar-refractivity contribution in [1.29, 1.82) is 0 Å². The minimum absolute atomic E-state index is 0.0875. The van der Waals surface area contributed by atoms with Crippen LogP contribution in [0.5, 0.6) is 0 Å². The summed E-state index contributed by atoms with van der Waals surface area (Å²) in [5.74, 6) is -3.40. The van der Waals surface area contributed by atoms with Gasteiger partial charge in [-0.2, -0.15) is 0 Å². The molecule has 0 bridgehead atoms. The van der Waals surface area contributed by atoms with Crippen molar-refractivity contribution in [3.8, 4) is 0 Å². The Morgan fingerprint density at radius 1 is 1.15 bits per heavy atom. The number of hydrogen-bond acceptors (Lipinski definition) is 4. The Labute approximate surface area is 250 Å². The fourth-order valence-corrected chi connectivity index (χ4v) is 6.71. The number of aliphatic hydroxyl groups is 1. The molecule has 1 saturated heterocycles. The number of amides is 2. The van der Waals surface area contributed by atoms with Crippen LogP contribution in [-0.4, -0.2) is 40.6 Å². The largest absolute Gasteiger partial charge is 0.390 e. The highest BCUT2D eigenvalue weighted by molar-refractivity contribution is 6.31. The van der Waals surface area contributed by atoms with Gasteiger partial charge < -0.3 is 21.1 Å². The molecule has 2 aliphatic rings. The number of fused-ring (bicyclic) bond motifs is 2. The van der Waals surface area contributed by atoms with Crippen LogP contribution >= 0.6 is 23.2 Å². The molecule has 2 heterocycles. The number of benzene rings is 2. The zero-order chi connectivity index (χ0) is 30.5. The molecule has 4 N–H and O–H groups in total. The second-order valence-electron chi connectivity index (χ2n) is 13.2. The smallest absolute Gasteiger partial charge is 0.238 e. The lowest BCUT2D eigenvalue weighted by atomic mass is 9.62. The SMILES string of the molecule is CCC(CCC(C)(C)O)NC(=O)[C@@H]1N[C@H](CC(C)(C)C)[C@]2(C(=O)Nc3cc(Cl)c(F)cc32)[C@H]1c1cccc(Cl)c1F. The number of hydrogen-bond donors (Lipinski definition) is 4. The van der Waals surface area contributed by atoms with Crippen molar-refractivity contribution >= 4 is 40.7 Å². The van der Waals surface area contributed by atoms with Gasteiger partial charge in [-0.15, -0.1) is 0 Å². The summed E-state index contributed by atoms with van der Waals surface area (Å²) in [6, 6.07) is 5.10. The topological polar surface area (TPSA) is 90.5 Å². The third-order valence-corrected chi connectivity index (χ3v) is 8.83. The second kappa shape index (κ2) is 11.4. The molecule has 4 rings (SSSR count). The van der Waals surface area contributed by atoms with Crippen LogP contribution in [0.3, 0.4) is 0 Å². The van der Waals surface area contributed by atoms with Crippen molar-refractivity contribution in [2.45, 2.75) is 102 Å². The maximum absolute atomic E-state index is 15.9. The molecular weight excluding hydrogens is 571 g/mol. The van der Waals surface area contributed by atoms with Gasteiger partial charge in [0, 0.05) is 23.7 Å². The van der Waals surface area contributed by atoms with Crippen LogP contribution in [0.2, 0.25) is 10.0 Å². The summed E-state index contributed by atoms with van der Waals surface area (Å²) in [6.07, 6.45) is 2.01. The second-order valence-corrected chi connectivity index (χ2v) is 14.0. The molecule has 1 fully saturated rings. The molecule has 2 aromatic carbocycles. The molecule has 10 heteroatoms. The lowest BCUT2D eigenvalue weighted by Crippen LogP contribution is -2.49. The van der Waals surface area contributed by atoms with Gasteiger partial charge in [-0.3, -0.25) is 9.59 Å². The summed E-state index contributed by atoms with van der Waals surface area (Å²) in [5.41, 5.74) is -2.04. The minimum Gasteiger partial charge on any atom is -0.390 e. The maximum atomic E-state index is 15.9. The Kier molecular flexibility index (Phi) is 8.83.